The lowest BCUT2D eigenvalue weighted by Crippen LogP contribution is -2.33. The molecule has 2 aromatic carbocycles. The number of hydrogen-bond acceptors (Lipinski definition) is 4. The summed E-state index contributed by atoms with van der Waals surface area (Å²) in [7, 11) is 0. The van der Waals surface area contributed by atoms with Crippen molar-refractivity contribution in [2.45, 2.75) is 6.42 Å². The molecule has 1 saturated heterocycles. The summed E-state index contributed by atoms with van der Waals surface area (Å²) in [6.45, 7) is -0.172. The van der Waals surface area contributed by atoms with Gasteiger partial charge in [-0.05, 0) is 42.5 Å². The van der Waals surface area contributed by atoms with Gasteiger partial charge in [0.1, 0.15) is 5.75 Å². The molecule has 2 bridgehead atoms. The first-order chi connectivity index (χ1) is 14.0. The van der Waals surface area contributed by atoms with Crippen LogP contribution < -0.4 is 9.64 Å². The maximum absolute atomic E-state index is 13.1. The number of para-hydroxylation sites is 2. The van der Waals surface area contributed by atoms with Crippen molar-refractivity contribution in [2.24, 2.45) is 23.7 Å². The van der Waals surface area contributed by atoms with Crippen molar-refractivity contribution in [2.75, 3.05) is 11.5 Å². The van der Waals surface area contributed by atoms with Gasteiger partial charge >= 0.3 is 0 Å². The monoisotopic (exact) mass is 451 g/mol. The number of benzene rings is 2. The third-order valence-corrected chi connectivity index (χ3v) is 6.63. The molecule has 3 aliphatic rings. The van der Waals surface area contributed by atoms with Crippen LogP contribution >= 0.6 is 15.9 Å². The summed E-state index contributed by atoms with van der Waals surface area (Å²) >= 11 is 3.35. The zero-order chi connectivity index (χ0) is 20.1. The highest BCUT2D eigenvalue weighted by atomic mass is 79.9. The van der Waals surface area contributed by atoms with Crippen molar-refractivity contribution in [3.63, 3.8) is 0 Å². The summed E-state index contributed by atoms with van der Waals surface area (Å²) in [5, 5.41) is 0. The Balaban J connectivity index is 1.38. The largest absolute Gasteiger partial charge is 0.483 e. The van der Waals surface area contributed by atoms with E-state index in [2.05, 4.69) is 28.1 Å². The summed E-state index contributed by atoms with van der Waals surface area (Å²) < 4.78 is 6.65. The topological polar surface area (TPSA) is 63.7 Å². The van der Waals surface area contributed by atoms with Crippen molar-refractivity contribution >= 4 is 39.2 Å². The molecule has 0 N–H and O–H groups in total. The van der Waals surface area contributed by atoms with E-state index in [9.17, 15) is 14.4 Å². The lowest BCUT2D eigenvalue weighted by molar-refractivity contribution is -0.123. The highest BCUT2D eigenvalue weighted by Crippen LogP contribution is 2.53. The molecule has 4 atom stereocenters. The van der Waals surface area contributed by atoms with Crippen LogP contribution in [0.25, 0.3) is 0 Å². The number of ketones is 1. The number of amides is 2. The van der Waals surface area contributed by atoms with Crippen molar-refractivity contribution in [3.8, 4) is 5.75 Å². The van der Waals surface area contributed by atoms with Gasteiger partial charge in [-0.3, -0.25) is 14.4 Å². The molecule has 2 aliphatic carbocycles. The number of imide groups is 1. The molecular formula is C23H18BrNO4. The van der Waals surface area contributed by atoms with E-state index in [1.807, 2.05) is 0 Å². The molecule has 2 amide bonds. The van der Waals surface area contributed by atoms with Crippen LogP contribution in [0.3, 0.4) is 0 Å². The predicted octanol–water partition coefficient (Wildman–Crippen LogP) is 4.02. The van der Waals surface area contributed by atoms with Crippen LogP contribution in [-0.2, 0) is 9.59 Å². The van der Waals surface area contributed by atoms with Gasteiger partial charge in [0.2, 0.25) is 11.8 Å². The molecule has 1 saturated carbocycles. The van der Waals surface area contributed by atoms with E-state index in [0.29, 0.717) is 17.0 Å². The Bertz CT molecular complexity index is 1020. The van der Waals surface area contributed by atoms with Crippen LogP contribution in [0.5, 0.6) is 5.75 Å². The first-order valence-corrected chi connectivity index (χ1v) is 10.4. The molecule has 29 heavy (non-hydrogen) atoms. The van der Waals surface area contributed by atoms with E-state index in [4.69, 9.17) is 4.74 Å². The Kier molecular flexibility index (Phi) is 4.39. The summed E-state index contributed by atoms with van der Waals surface area (Å²) in [5.41, 5.74) is 0.955. The fourth-order valence-electron chi connectivity index (χ4n) is 4.77. The molecule has 1 heterocycles. The van der Waals surface area contributed by atoms with Crippen LogP contribution in [0.2, 0.25) is 0 Å². The van der Waals surface area contributed by atoms with Gasteiger partial charge in [-0.1, -0.05) is 52.3 Å². The zero-order valence-corrected chi connectivity index (χ0v) is 17.0. The van der Waals surface area contributed by atoms with Crippen LogP contribution in [0.15, 0.2) is 65.2 Å². The van der Waals surface area contributed by atoms with Gasteiger partial charge in [-0.2, -0.15) is 0 Å². The number of anilines is 1. The van der Waals surface area contributed by atoms with Crippen LogP contribution in [-0.4, -0.2) is 24.2 Å². The van der Waals surface area contributed by atoms with E-state index in [0.717, 1.165) is 10.9 Å². The van der Waals surface area contributed by atoms with Crippen molar-refractivity contribution < 1.29 is 19.1 Å². The van der Waals surface area contributed by atoms with Gasteiger partial charge in [0.05, 0.1) is 17.5 Å². The third kappa shape index (κ3) is 2.94. The molecule has 0 unspecified atom stereocenters. The molecule has 0 aromatic heterocycles. The Morgan fingerprint density at radius 1 is 0.966 bits per heavy atom. The number of ether oxygens (including phenoxy) is 1. The number of rotatable bonds is 5. The SMILES string of the molecule is O=C(COc1ccccc1N1C(=O)[C@@H]2[C@@H](C1=O)[C@H]1C=C[C@H]2C1)c1ccc(Br)cc1. The summed E-state index contributed by atoms with van der Waals surface area (Å²) in [4.78, 5) is 39.9. The number of fused-ring (bicyclic) bond motifs is 5. The number of carbonyl (C=O) groups excluding carboxylic acids is 3. The van der Waals surface area contributed by atoms with Crippen molar-refractivity contribution in [1.82, 2.24) is 0 Å². The normalized spacial score (nSPS) is 26.9. The van der Waals surface area contributed by atoms with Gasteiger partial charge in [0.15, 0.2) is 12.4 Å². The highest BCUT2D eigenvalue weighted by Gasteiger charge is 2.59. The van der Waals surface area contributed by atoms with Gasteiger partial charge in [0.25, 0.3) is 0 Å². The maximum atomic E-state index is 13.1. The van der Waals surface area contributed by atoms with Crippen LogP contribution in [0.4, 0.5) is 5.69 Å². The van der Waals surface area contributed by atoms with Gasteiger partial charge in [0, 0.05) is 10.0 Å². The van der Waals surface area contributed by atoms with Gasteiger partial charge in [-0.15, -0.1) is 0 Å². The second kappa shape index (κ2) is 6.95. The maximum Gasteiger partial charge on any atom is 0.238 e. The number of Topliss-reactive ketones (excluding diaryl/α,β-unsaturated/α-hetero) is 1. The van der Waals surface area contributed by atoms with E-state index in [1.54, 1.807) is 48.5 Å². The molecule has 2 aromatic rings. The van der Waals surface area contributed by atoms with Gasteiger partial charge in [-0.25, -0.2) is 4.90 Å². The number of halogens is 1. The molecule has 6 heteroatoms. The molecule has 1 aliphatic heterocycles. The molecule has 2 fully saturated rings. The molecular weight excluding hydrogens is 434 g/mol. The Morgan fingerprint density at radius 2 is 1.59 bits per heavy atom. The Hall–Kier alpha value is -2.73. The average molecular weight is 452 g/mol. The smallest absolute Gasteiger partial charge is 0.238 e. The van der Waals surface area contributed by atoms with E-state index in [1.165, 1.54) is 4.90 Å². The molecule has 5 rings (SSSR count). The molecule has 146 valence electrons. The predicted molar refractivity (Wildman–Crippen MR) is 111 cm³/mol. The lowest BCUT2D eigenvalue weighted by atomic mass is 9.85. The van der Waals surface area contributed by atoms with E-state index < -0.39 is 0 Å². The first kappa shape index (κ1) is 18.3. The quantitative estimate of drug-likeness (QED) is 0.391. The summed E-state index contributed by atoms with van der Waals surface area (Å²) in [6.07, 6.45) is 5.03. The Morgan fingerprint density at radius 3 is 2.24 bits per heavy atom. The lowest BCUT2D eigenvalue weighted by Gasteiger charge is -2.20. The zero-order valence-electron chi connectivity index (χ0n) is 15.5. The van der Waals surface area contributed by atoms with Crippen molar-refractivity contribution in [1.29, 1.82) is 0 Å². The number of nitrogens with zero attached hydrogens (tertiary/aromatic N) is 1. The van der Waals surface area contributed by atoms with E-state index >= 15 is 0 Å². The second-order valence-electron chi connectivity index (χ2n) is 7.70. The number of carbonyl (C=O) groups is 3. The average Bonchev–Trinajstić information content (AvgIpc) is 3.41. The van der Waals surface area contributed by atoms with E-state index in [-0.39, 0.29) is 47.9 Å². The number of hydrogen-bond donors (Lipinski definition) is 0. The van der Waals surface area contributed by atoms with Gasteiger partial charge < -0.3 is 4.74 Å². The minimum Gasteiger partial charge on any atom is -0.483 e. The third-order valence-electron chi connectivity index (χ3n) is 6.10. The molecule has 0 radical (unpaired) electrons. The Labute approximate surface area is 176 Å². The number of allylic oxidation sites excluding steroid dienone is 2. The van der Waals surface area contributed by atoms with Crippen LogP contribution in [0.1, 0.15) is 16.8 Å². The summed E-state index contributed by atoms with van der Waals surface area (Å²) in [6, 6.07) is 13.9. The molecule has 5 nitrogen and oxygen atoms in total. The first-order valence-electron chi connectivity index (χ1n) is 9.61. The minimum atomic E-state index is -0.269. The molecule has 0 spiro atoms. The standard InChI is InChI=1S/C23H18BrNO4/c24-16-9-7-13(8-10-16)18(26)12-29-19-4-2-1-3-17(19)25-22(27)20-14-5-6-15(11-14)21(20)23(25)28/h1-10,14-15,20-21H,11-12H2/t14-,15-,20-,21-/m0/s1. The minimum absolute atomic E-state index is 0.151. The van der Waals surface area contributed by atoms with Crippen molar-refractivity contribution in [3.05, 3.63) is 70.7 Å². The fraction of sp³-hybridized carbons (Fsp3) is 0.261. The fourth-order valence-corrected chi connectivity index (χ4v) is 5.03. The summed E-state index contributed by atoms with van der Waals surface area (Å²) in [5.74, 6) is -0.369. The second-order valence-corrected chi connectivity index (χ2v) is 8.61. The highest BCUT2D eigenvalue weighted by molar-refractivity contribution is 9.10. The van der Waals surface area contributed by atoms with Crippen LogP contribution in [0, 0.1) is 23.7 Å².